The van der Waals surface area contributed by atoms with Crippen LogP contribution >= 0.6 is 0 Å². The lowest BCUT2D eigenvalue weighted by Gasteiger charge is -2.17. The molecule has 0 radical (unpaired) electrons. The van der Waals surface area contributed by atoms with Crippen molar-refractivity contribution in [1.29, 1.82) is 0 Å². The van der Waals surface area contributed by atoms with E-state index >= 15 is 0 Å². The fourth-order valence-corrected chi connectivity index (χ4v) is 1.95. The van der Waals surface area contributed by atoms with Crippen LogP contribution in [0.2, 0.25) is 0 Å². The molecule has 0 atom stereocenters. The van der Waals surface area contributed by atoms with Crippen molar-refractivity contribution in [2.24, 2.45) is 0 Å². The Bertz CT molecular complexity index is 463. The van der Waals surface area contributed by atoms with Gasteiger partial charge in [0, 0.05) is 6.42 Å². The minimum Gasteiger partial charge on any atom is -0.390 e. The predicted octanol–water partition coefficient (Wildman–Crippen LogP) is 3.67. The van der Waals surface area contributed by atoms with E-state index in [-0.39, 0.29) is 0 Å². The van der Waals surface area contributed by atoms with E-state index < -0.39 is 5.60 Å². The van der Waals surface area contributed by atoms with Crippen LogP contribution < -0.4 is 0 Å². The highest BCUT2D eigenvalue weighted by atomic mass is 16.3. The van der Waals surface area contributed by atoms with Crippen LogP contribution in [-0.4, -0.2) is 10.7 Å². The van der Waals surface area contributed by atoms with Gasteiger partial charge in [0.1, 0.15) is 0 Å². The maximum atomic E-state index is 9.76. The first-order chi connectivity index (χ1) is 8.04. The van der Waals surface area contributed by atoms with Crippen LogP contribution in [0.25, 0.3) is 11.1 Å². The molecule has 2 rings (SSSR count). The summed E-state index contributed by atoms with van der Waals surface area (Å²) in [5.74, 6) is 0. The molecule has 0 aliphatic rings. The Balaban J connectivity index is 2.19. The molecule has 2 aromatic rings. The molecule has 0 aliphatic carbocycles. The molecule has 0 aliphatic heterocycles. The van der Waals surface area contributed by atoms with Crippen LogP contribution in [0.5, 0.6) is 0 Å². The first-order valence-electron chi connectivity index (χ1n) is 5.91. The highest BCUT2D eigenvalue weighted by Gasteiger charge is 2.12. The molecule has 0 bridgehead atoms. The molecule has 0 spiro atoms. The second-order valence-corrected chi connectivity index (χ2v) is 5.05. The molecule has 0 saturated heterocycles. The molecular formula is C16H18O. The van der Waals surface area contributed by atoms with Gasteiger partial charge in [0.25, 0.3) is 0 Å². The van der Waals surface area contributed by atoms with Crippen molar-refractivity contribution in [2.45, 2.75) is 25.9 Å². The van der Waals surface area contributed by atoms with Crippen LogP contribution in [0.1, 0.15) is 19.4 Å². The minimum absolute atomic E-state index is 0.645. The lowest BCUT2D eigenvalue weighted by Crippen LogP contribution is -2.21. The Hall–Kier alpha value is -1.60. The Morgan fingerprint density at radius 3 is 1.88 bits per heavy atom. The zero-order valence-corrected chi connectivity index (χ0v) is 10.4. The fraction of sp³-hybridized carbons (Fsp3) is 0.250. The first kappa shape index (κ1) is 11.9. The van der Waals surface area contributed by atoms with E-state index in [1.54, 1.807) is 0 Å². The summed E-state index contributed by atoms with van der Waals surface area (Å²) < 4.78 is 0. The van der Waals surface area contributed by atoms with Gasteiger partial charge in [0.15, 0.2) is 0 Å². The van der Waals surface area contributed by atoms with Crippen molar-refractivity contribution in [3.63, 3.8) is 0 Å². The Kier molecular flexibility index (Phi) is 3.30. The van der Waals surface area contributed by atoms with Crippen molar-refractivity contribution < 1.29 is 5.11 Å². The number of hydrogen-bond acceptors (Lipinski definition) is 1. The van der Waals surface area contributed by atoms with Gasteiger partial charge in [-0.3, -0.25) is 0 Å². The maximum Gasteiger partial charge on any atom is 0.0631 e. The lowest BCUT2D eigenvalue weighted by molar-refractivity contribution is 0.0810. The average Bonchev–Trinajstić information content (AvgIpc) is 2.29. The van der Waals surface area contributed by atoms with E-state index in [0.717, 1.165) is 5.56 Å². The molecular weight excluding hydrogens is 208 g/mol. The topological polar surface area (TPSA) is 20.2 Å². The first-order valence-corrected chi connectivity index (χ1v) is 5.91. The minimum atomic E-state index is -0.645. The van der Waals surface area contributed by atoms with Gasteiger partial charge >= 0.3 is 0 Å². The summed E-state index contributed by atoms with van der Waals surface area (Å²) in [6.07, 6.45) is 0.683. The summed E-state index contributed by atoms with van der Waals surface area (Å²) in [4.78, 5) is 0. The van der Waals surface area contributed by atoms with E-state index in [2.05, 4.69) is 36.4 Å². The third-order valence-corrected chi connectivity index (χ3v) is 2.70. The summed E-state index contributed by atoms with van der Waals surface area (Å²) in [5, 5.41) is 9.76. The van der Waals surface area contributed by atoms with Crippen LogP contribution in [0.3, 0.4) is 0 Å². The highest BCUT2D eigenvalue weighted by molar-refractivity contribution is 5.63. The Morgan fingerprint density at radius 1 is 0.824 bits per heavy atom. The second-order valence-electron chi connectivity index (χ2n) is 5.05. The Labute approximate surface area is 103 Å². The van der Waals surface area contributed by atoms with Crippen molar-refractivity contribution in [2.75, 3.05) is 0 Å². The summed E-state index contributed by atoms with van der Waals surface area (Å²) in [6, 6.07) is 18.7. The van der Waals surface area contributed by atoms with Gasteiger partial charge in [-0.15, -0.1) is 0 Å². The predicted molar refractivity (Wildman–Crippen MR) is 71.9 cm³/mol. The van der Waals surface area contributed by atoms with Crippen LogP contribution in [0.4, 0.5) is 0 Å². The molecule has 17 heavy (non-hydrogen) atoms. The summed E-state index contributed by atoms with van der Waals surface area (Å²) >= 11 is 0. The molecule has 1 N–H and O–H groups in total. The molecule has 2 aromatic carbocycles. The zero-order valence-electron chi connectivity index (χ0n) is 10.4. The molecule has 1 heteroatoms. The van der Waals surface area contributed by atoms with Gasteiger partial charge in [-0.2, -0.15) is 0 Å². The zero-order chi connectivity index (χ0) is 12.3. The summed E-state index contributed by atoms with van der Waals surface area (Å²) in [5.41, 5.74) is 2.96. The molecule has 1 nitrogen and oxygen atoms in total. The van der Waals surface area contributed by atoms with Crippen molar-refractivity contribution in [3.05, 3.63) is 60.2 Å². The normalized spacial score (nSPS) is 11.5. The third kappa shape index (κ3) is 3.43. The second kappa shape index (κ2) is 4.72. The largest absolute Gasteiger partial charge is 0.390 e. The van der Waals surface area contributed by atoms with Gasteiger partial charge in [0.2, 0.25) is 0 Å². The van der Waals surface area contributed by atoms with Crippen molar-refractivity contribution in [3.8, 4) is 11.1 Å². The molecule has 88 valence electrons. The molecule has 0 saturated carbocycles. The van der Waals surface area contributed by atoms with Gasteiger partial charge in [-0.25, -0.2) is 0 Å². The smallest absolute Gasteiger partial charge is 0.0631 e. The highest BCUT2D eigenvalue weighted by Crippen LogP contribution is 2.20. The van der Waals surface area contributed by atoms with E-state index in [9.17, 15) is 5.11 Å². The van der Waals surface area contributed by atoms with E-state index in [1.165, 1.54) is 11.1 Å². The summed E-state index contributed by atoms with van der Waals surface area (Å²) in [7, 11) is 0. The van der Waals surface area contributed by atoms with Crippen LogP contribution in [0.15, 0.2) is 54.6 Å². The maximum absolute atomic E-state index is 9.76. The van der Waals surface area contributed by atoms with Crippen LogP contribution in [0, 0.1) is 0 Å². The quantitative estimate of drug-likeness (QED) is 0.846. The SMILES string of the molecule is CC(C)(O)Cc1ccc(-c2ccccc2)cc1. The van der Waals surface area contributed by atoms with E-state index in [1.807, 2.05) is 32.0 Å². The Morgan fingerprint density at radius 2 is 1.35 bits per heavy atom. The van der Waals surface area contributed by atoms with E-state index in [0.29, 0.717) is 6.42 Å². The lowest BCUT2D eigenvalue weighted by atomic mass is 9.96. The third-order valence-electron chi connectivity index (χ3n) is 2.70. The summed E-state index contributed by atoms with van der Waals surface area (Å²) in [6.45, 7) is 3.66. The average molecular weight is 226 g/mol. The van der Waals surface area contributed by atoms with Crippen molar-refractivity contribution >= 4 is 0 Å². The molecule has 0 unspecified atom stereocenters. The monoisotopic (exact) mass is 226 g/mol. The molecule has 0 amide bonds. The number of hydrogen-bond donors (Lipinski definition) is 1. The molecule has 0 heterocycles. The number of aliphatic hydroxyl groups is 1. The van der Waals surface area contributed by atoms with Crippen molar-refractivity contribution in [1.82, 2.24) is 0 Å². The van der Waals surface area contributed by atoms with E-state index in [4.69, 9.17) is 0 Å². The van der Waals surface area contributed by atoms with Gasteiger partial charge < -0.3 is 5.11 Å². The standard InChI is InChI=1S/C16H18O/c1-16(2,17)12-13-8-10-15(11-9-13)14-6-4-3-5-7-14/h3-11,17H,12H2,1-2H3. The fourth-order valence-electron chi connectivity index (χ4n) is 1.95. The van der Waals surface area contributed by atoms with Gasteiger partial charge in [-0.05, 0) is 30.5 Å². The molecule has 0 aromatic heterocycles. The number of benzene rings is 2. The number of rotatable bonds is 3. The molecule has 0 fully saturated rings. The van der Waals surface area contributed by atoms with Gasteiger partial charge in [-0.1, -0.05) is 54.6 Å². The van der Waals surface area contributed by atoms with Gasteiger partial charge in [0.05, 0.1) is 5.60 Å². The van der Waals surface area contributed by atoms with Crippen LogP contribution in [-0.2, 0) is 6.42 Å².